The van der Waals surface area contributed by atoms with Crippen molar-refractivity contribution >= 4 is 45.7 Å². The van der Waals surface area contributed by atoms with Crippen molar-refractivity contribution in [2.45, 2.75) is 5.60 Å². The number of hydrogen-bond donors (Lipinski definition) is 3. The second-order valence-corrected chi connectivity index (χ2v) is 9.46. The maximum absolute atomic E-state index is 14.7. The number of nitrogens with zero attached hydrogens (tertiary/aromatic N) is 2. The summed E-state index contributed by atoms with van der Waals surface area (Å²) in [6, 6.07) is 15.6. The first-order valence-electron chi connectivity index (χ1n) is 10.7. The molecular weight excluding hydrogens is 572 g/mol. The van der Waals surface area contributed by atoms with E-state index in [0.29, 0.717) is 9.41 Å². The van der Waals surface area contributed by atoms with Crippen molar-refractivity contribution in [3.8, 4) is 0 Å². The number of aliphatic hydroxyl groups is 1. The van der Waals surface area contributed by atoms with E-state index in [2.05, 4.69) is 15.6 Å². The fraction of sp³-hybridized carbons (Fsp3) is 0.200. The number of amidine groups is 1. The Morgan fingerprint density at radius 3 is 2.46 bits per heavy atom. The van der Waals surface area contributed by atoms with Gasteiger partial charge in [0, 0.05) is 22.7 Å². The number of hydrogen-bond acceptors (Lipinski definition) is 4. The Hall–Kier alpha value is -3.12. The number of amides is 1. The van der Waals surface area contributed by atoms with Gasteiger partial charge >= 0.3 is 0 Å². The highest BCUT2D eigenvalue weighted by Crippen LogP contribution is 2.31. The molecule has 3 aromatic carbocycles. The normalized spacial score (nSPS) is 14.9. The number of halogens is 4. The third-order valence-electron chi connectivity index (χ3n) is 5.63. The second-order valence-electron chi connectivity index (χ2n) is 8.21. The summed E-state index contributed by atoms with van der Waals surface area (Å²) in [5.41, 5.74) is -1.11. The summed E-state index contributed by atoms with van der Waals surface area (Å²) in [4.78, 5) is 18.6. The van der Waals surface area contributed by atoms with E-state index in [1.54, 1.807) is 13.1 Å². The van der Waals surface area contributed by atoms with Crippen LogP contribution in [0.5, 0.6) is 0 Å². The van der Waals surface area contributed by atoms with Crippen molar-refractivity contribution in [3.05, 3.63) is 92.8 Å². The molecule has 35 heavy (non-hydrogen) atoms. The molecule has 0 radical (unpaired) electrons. The molecule has 1 heterocycles. The number of benzene rings is 3. The second kappa shape index (κ2) is 10.2. The summed E-state index contributed by atoms with van der Waals surface area (Å²) in [5.74, 6) is -3.16. The van der Waals surface area contributed by atoms with Crippen LogP contribution in [0.15, 0.2) is 65.7 Å². The molecule has 0 bridgehead atoms. The first kappa shape index (κ1) is 25.0. The van der Waals surface area contributed by atoms with Gasteiger partial charge in [-0.15, -0.1) is 0 Å². The van der Waals surface area contributed by atoms with Crippen molar-refractivity contribution < 1.29 is 23.1 Å². The number of carbonyl (C=O) groups excluding carboxylic acids is 1. The van der Waals surface area contributed by atoms with Gasteiger partial charge in [-0.1, -0.05) is 30.3 Å². The fourth-order valence-electron chi connectivity index (χ4n) is 3.82. The van der Waals surface area contributed by atoms with Gasteiger partial charge in [-0.25, -0.2) is 13.2 Å². The summed E-state index contributed by atoms with van der Waals surface area (Å²) >= 11 is 1.92. The third-order valence-corrected chi connectivity index (χ3v) is 6.30. The molecule has 1 saturated heterocycles. The summed E-state index contributed by atoms with van der Waals surface area (Å²) in [7, 11) is 1.63. The molecule has 6 nitrogen and oxygen atoms in total. The highest BCUT2D eigenvalue weighted by molar-refractivity contribution is 14.1. The van der Waals surface area contributed by atoms with Crippen LogP contribution in [0, 0.1) is 21.0 Å². The molecule has 182 valence electrons. The number of carbonyl (C=O) groups is 1. The Balaban J connectivity index is 1.47. The van der Waals surface area contributed by atoms with Crippen molar-refractivity contribution in [2.24, 2.45) is 4.99 Å². The minimum atomic E-state index is -1.29. The Morgan fingerprint density at radius 1 is 1.09 bits per heavy atom. The van der Waals surface area contributed by atoms with E-state index < -0.39 is 34.6 Å². The molecule has 0 atom stereocenters. The maximum Gasteiger partial charge on any atom is 0.256 e. The molecule has 1 amide bonds. The van der Waals surface area contributed by atoms with Crippen molar-refractivity contribution in [1.82, 2.24) is 10.2 Å². The molecule has 10 heteroatoms. The molecule has 1 aliphatic heterocycles. The van der Waals surface area contributed by atoms with E-state index >= 15 is 0 Å². The number of likely N-dealkylation sites (tertiary alicyclic amines) is 1. The van der Waals surface area contributed by atoms with Crippen LogP contribution in [0.3, 0.4) is 0 Å². The standard InChI is InChI=1S/C25H22F3IN4O2/c1-30-23(15-5-3-2-4-6-15)31-12-25(35)13-33(14-25)24(34)17-8-9-18(26)21(28)22(17)32-20-10-7-16(29)11-19(20)27/h2-11,32,35H,12-14H2,1H3,(H,30,31). The van der Waals surface area contributed by atoms with Crippen molar-refractivity contribution in [1.29, 1.82) is 0 Å². The van der Waals surface area contributed by atoms with Crippen LogP contribution < -0.4 is 10.6 Å². The molecule has 1 fully saturated rings. The number of aliphatic imine (C=N–C) groups is 1. The summed E-state index contributed by atoms with van der Waals surface area (Å²) < 4.78 is 43.6. The maximum atomic E-state index is 14.7. The quantitative estimate of drug-likeness (QED) is 0.226. The SMILES string of the molecule is CN=C(NCC1(O)CN(C(=O)c2ccc(F)c(F)c2Nc2ccc(I)cc2F)C1)c1ccccc1. The van der Waals surface area contributed by atoms with E-state index in [4.69, 9.17) is 0 Å². The lowest BCUT2D eigenvalue weighted by atomic mass is 9.92. The van der Waals surface area contributed by atoms with E-state index in [-0.39, 0.29) is 30.9 Å². The van der Waals surface area contributed by atoms with Crippen LogP contribution in [0.25, 0.3) is 0 Å². The Bertz CT molecular complexity index is 1280. The van der Waals surface area contributed by atoms with E-state index in [9.17, 15) is 23.1 Å². The number of anilines is 2. The lowest BCUT2D eigenvalue weighted by molar-refractivity contribution is -0.0760. The van der Waals surface area contributed by atoms with Crippen LogP contribution in [-0.4, -0.2) is 54.0 Å². The first-order valence-corrected chi connectivity index (χ1v) is 11.8. The van der Waals surface area contributed by atoms with E-state index in [0.717, 1.165) is 17.7 Å². The zero-order valence-electron chi connectivity index (χ0n) is 18.7. The molecule has 1 aliphatic rings. The minimum absolute atomic E-state index is 0.0268. The monoisotopic (exact) mass is 594 g/mol. The van der Waals surface area contributed by atoms with Crippen LogP contribution in [0.1, 0.15) is 15.9 Å². The molecule has 0 aliphatic carbocycles. The van der Waals surface area contributed by atoms with Crippen molar-refractivity contribution in [3.63, 3.8) is 0 Å². The molecule has 0 saturated carbocycles. The number of nitrogens with one attached hydrogen (secondary N) is 2. The molecule has 0 unspecified atom stereocenters. The molecule has 0 aromatic heterocycles. The largest absolute Gasteiger partial charge is 0.384 e. The average Bonchev–Trinajstić information content (AvgIpc) is 2.82. The molecular formula is C25H22F3IN4O2. The summed E-state index contributed by atoms with van der Waals surface area (Å²) in [6.45, 7) is 0.0803. The molecule has 4 rings (SSSR count). The summed E-state index contributed by atoms with van der Waals surface area (Å²) in [6.07, 6.45) is 0. The van der Waals surface area contributed by atoms with E-state index in [1.807, 2.05) is 52.9 Å². The zero-order valence-corrected chi connectivity index (χ0v) is 20.8. The number of rotatable bonds is 6. The molecule has 0 spiro atoms. The lowest BCUT2D eigenvalue weighted by Gasteiger charge is -2.46. The van der Waals surface area contributed by atoms with Gasteiger partial charge < -0.3 is 20.6 Å². The van der Waals surface area contributed by atoms with Gasteiger partial charge in [-0.3, -0.25) is 9.79 Å². The lowest BCUT2D eigenvalue weighted by Crippen LogP contribution is -2.67. The Kier molecular flexibility index (Phi) is 7.31. The van der Waals surface area contributed by atoms with Crippen LogP contribution in [-0.2, 0) is 0 Å². The van der Waals surface area contributed by atoms with E-state index in [1.165, 1.54) is 17.0 Å². The Morgan fingerprint density at radius 2 is 1.80 bits per heavy atom. The van der Waals surface area contributed by atoms with Gasteiger partial charge in [0.2, 0.25) is 0 Å². The molecule has 3 aromatic rings. The highest BCUT2D eigenvalue weighted by atomic mass is 127. The minimum Gasteiger partial charge on any atom is -0.384 e. The first-order chi connectivity index (χ1) is 16.7. The smallest absolute Gasteiger partial charge is 0.256 e. The highest BCUT2D eigenvalue weighted by Gasteiger charge is 2.44. The van der Waals surface area contributed by atoms with Gasteiger partial charge in [-0.05, 0) is 52.9 Å². The van der Waals surface area contributed by atoms with Crippen LogP contribution >= 0.6 is 22.6 Å². The number of β-amino-alcohol motifs (C(OH)–C–C–N with tert-alkyl or cyclic N) is 1. The van der Waals surface area contributed by atoms with Gasteiger partial charge in [0.25, 0.3) is 5.91 Å². The predicted octanol–water partition coefficient (Wildman–Crippen LogP) is 4.31. The third kappa shape index (κ3) is 5.43. The zero-order chi connectivity index (χ0) is 25.2. The molecule has 3 N–H and O–H groups in total. The van der Waals surface area contributed by atoms with Crippen LogP contribution in [0.2, 0.25) is 0 Å². The van der Waals surface area contributed by atoms with Crippen LogP contribution in [0.4, 0.5) is 24.5 Å². The van der Waals surface area contributed by atoms with Gasteiger partial charge in [0.1, 0.15) is 17.3 Å². The van der Waals surface area contributed by atoms with Gasteiger partial charge in [0.15, 0.2) is 11.6 Å². The Labute approximate surface area is 214 Å². The fourth-order valence-corrected chi connectivity index (χ4v) is 4.27. The topological polar surface area (TPSA) is 77.0 Å². The van der Waals surface area contributed by atoms with Gasteiger partial charge in [0.05, 0.1) is 30.0 Å². The summed E-state index contributed by atoms with van der Waals surface area (Å²) in [5, 5.41) is 16.4. The van der Waals surface area contributed by atoms with Crippen molar-refractivity contribution in [2.75, 3.05) is 32.0 Å². The average molecular weight is 594 g/mol. The van der Waals surface area contributed by atoms with Gasteiger partial charge in [-0.2, -0.15) is 0 Å². The predicted molar refractivity (Wildman–Crippen MR) is 137 cm³/mol.